The average Bonchev–Trinajstić information content (AvgIpc) is 3.14. The van der Waals surface area contributed by atoms with Crippen LogP contribution in [0.4, 0.5) is 0 Å². The number of nitrogens with one attached hydrogen (secondary N) is 3. The van der Waals surface area contributed by atoms with Crippen LogP contribution in [0.1, 0.15) is 52.1 Å². The zero-order valence-corrected chi connectivity index (χ0v) is 17.2. The molecule has 2 amide bonds. The van der Waals surface area contributed by atoms with E-state index in [1.165, 1.54) is 0 Å². The SMILES string of the molecule is CCNC(=O)c1[nH]nc2c1C(=O)C(SCCNC(=O)C(O)C(C)(C)CO)=CC2=O. The highest BCUT2D eigenvalue weighted by Crippen LogP contribution is 2.29. The molecule has 1 unspecified atom stereocenters. The van der Waals surface area contributed by atoms with Crippen LogP contribution >= 0.6 is 11.8 Å². The number of fused-ring (bicyclic) bond motifs is 1. The quantitative estimate of drug-likeness (QED) is 0.336. The lowest BCUT2D eigenvalue weighted by atomic mass is 9.87. The van der Waals surface area contributed by atoms with E-state index in [4.69, 9.17) is 0 Å². The molecule has 1 aromatic heterocycles. The highest BCUT2D eigenvalue weighted by molar-refractivity contribution is 8.04. The van der Waals surface area contributed by atoms with Gasteiger partial charge in [0.1, 0.15) is 17.5 Å². The number of aromatic amines is 1. The number of amides is 2. The summed E-state index contributed by atoms with van der Waals surface area (Å²) in [6.45, 7) is 4.95. The fourth-order valence-corrected chi connectivity index (χ4v) is 3.36. The molecule has 0 radical (unpaired) electrons. The van der Waals surface area contributed by atoms with Gasteiger partial charge in [0.2, 0.25) is 17.5 Å². The van der Waals surface area contributed by atoms with Crippen molar-refractivity contribution in [1.29, 1.82) is 0 Å². The Balaban J connectivity index is 1.99. The van der Waals surface area contributed by atoms with E-state index in [-0.39, 0.29) is 40.8 Å². The van der Waals surface area contributed by atoms with Crippen molar-refractivity contribution < 1.29 is 29.4 Å². The molecule has 0 fully saturated rings. The van der Waals surface area contributed by atoms with Crippen LogP contribution in [0, 0.1) is 5.41 Å². The maximum atomic E-state index is 12.7. The van der Waals surface area contributed by atoms with Crippen molar-refractivity contribution in [2.24, 2.45) is 5.41 Å². The van der Waals surface area contributed by atoms with Gasteiger partial charge in [-0.1, -0.05) is 13.8 Å². The summed E-state index contributed by atoms with van der Waals surface area (Å²) in [5.41, 5.74) is -1.20. The third kappa shape index (κ3) is 4.92. The number of Topliss-reactive ketones (excluding diaryl/α,β-unsaturated/α-hetero) is 1. The van der Waals surface area contributed by atoms with E-state index in [1.807, 2.05) is 0 Å². The van der Waals surface area contributed by atoms with E-state index in [2.05, 4.69) is 20.8 Å². The molecule has 0 saturated carbocycles. The van der Waals surface area contributed by atoms with Gasteiger partial charge >= 0.3 is 0 Å². The number of rotatable bonds is 9. The number of carbonyl (C=O) groups is 4. The molecule has 0 aromatic carbocycles. The van der Waals surface area contributed by atoms with Crippen LogP contribution in [0.3, 0.4) is 0 Å². The highest BCUT2D eigenvalue weighted by atomic mass is 32.2. The van der Waals surface area contributed by atoms with E-state index >= 15 is 0 Å². The van der Waals surface area contributed by atoms with Gasteiger partial charge in [0.25, 0.3) is 5.91 Å². The number of aliphatic hydroxyl groups is 2. The first-order valence-corrected chi connectivity index (χ1v) is 9.99. The monoisotopic (exact) mass is 424 g/mol. The summed E-state index contributed by atoms with van der Waals surface area (Å²) in [5.74, 6) is -1.89. The number of aliphatic hydroxyl groups excluding tert-OH is 2. The first-order valence-electron chi connectivity index (χ1n) is 9.00. The number of thioether (sulfide) groups is 1. The lowest BCUT2D eigenvalue weighted by molar-refractivity contribution is -0.136. The molecular formula is C18H24N4O6S. The lowest BCUT2D eigenvalue weighted by Crippen LogP contribution is -2.46. The largest absolute Gasteiger partial charge is 0.396 e. The lowest BCUT2D eigenvalue weighted by Gasteiger charge is -2.27. The number of ketones is 2. The molecule has 29 heavy (non-hydrogen) atoms. The Hall–Kier alpha value is -2.50. The molecule has 0 bridgehead atoms. The topological polar surface area (TPSA) is 161 Å². The zero-order chi connectivity index (χ0) is 21.8. The van der Waals surface area contributed by atoms with E-state index in [0.717, 1.165) is 17.8 Å². The first-order chi connectivity index (χ1) is 13.6. The van der Waals surface area contributed by atoms with E-state index in [0.29, 0.717) is 6.54 Å². The number of allylic oxidation sites excluding steroid dienone is 2. The van der Waals surface area contributed by atoms with Crippen LogP contribution in [0.2, 0.25) is 0 Å². The Morgan fingerprint density at radius 3 is 2.62 bits per heavy atom. The van der Waals surface area contributed by atoms with Crippen molar-refractivity contribution in [3.8, 4) is 0 Å². The minimum Gasteiger partial charge on any atom is -0.396 e. The molecule has 1 aliphatic carbocycles. The van der Waals surface area contributed by atoms with Crippen molar-refractivity contribution in [3.05, 3.63) is 27.9 Å². The second-order valence-corrected chi connectivity index (χ2v) is 8.21. The number of aromatic nitrogens is 2. The highest BCUT2D eigenvalue weighted by Gasteiger charge is 2.34. The maximum absolute atomic E-state index is 12.7. The Labute approximate surface area is 171 Å². The molecule has 0 spiro atoms. The summed E-state index contributed by atoms with van der Waals surface area (Å²) >= 11 is 1.05. The minimum atomic E-state index is -1.39. The Morgan fingerprint density at radius 2 is 2.00 bits per heavy atom. The summed E-state index contributed by atoms with van der Waals surface area (Å²) < 4.78 is 0. The standard InChI is InChI=1S/C18H24N4O6S/c1-4-19-16(27)13-11-12(21-22-13)9(24)7-10(14(11)25)29-6-5-20-17(28)15(26)18(2,3)8-23/h7,15,23,26H,4-6,8H2,1-3H3,(H,19,27)(H,20,28)(H,21,22). The molecule has 1 aromatic rings. The maximum Gasteiger partial charge on any atom is 0.270 e. The van der Waals surface area contributed by atoms with Gasteiger partial charge in [-0.3, -0.25) is 24.3 Å². The van der Waals surface area contributed by atoms with Crippen molar-refractivity contribution in [2.45, 2.75) is 26.9 Å². The van der Waals surface area contributed by atoms with Crippen LogP contribution in [-0.4, -0.2) is 75.3 Å². The molecule has 1 aliphatic rings. The number of H-pyrrole nitrogens is 1. The molecule has 1 heterocycles. The second-order valence-electron chi connectivity index (χ2n) is 7.07. The average molecular weight is 424 g/mol. The van der Waals surface area contributed by atoms with Crippen molar-refractivity contribution in [2.75, 3.05) is 25.4 Å². The van der Waals surface area contributed by atoms with Crippen LogP contribution in [0.25, 0.3) is 0 Å². The Bertz CT molecular complexity index is 861. The predicted octanol–water partition coefficient (Wildman–Crippen LogP) is -0.349. The molecule has 5 N–H and O–H groups in total. The summed E-state index contributed by atoms with van der Waals surface area (Å²) in [6, 6.07) is 0. The van der Waals surface area contributed by atoms with Crippen LogP contribution < -0.4 is 10.6 Å². The third-order valence-electron chi connectivity index (χ3n) is 4.33. The van der Waals surface area contributed by atoms with E-state index in [1.54, 1.807) is 20.8 Å². The fraction of sp³-hybridized carbons (Fsp3) is 0.500. The zero-order valence-electron chi connectivity index (χ0n) is 16.4. The van der Waals surface area contributed by atoms with Crippen molar-refractivity contribution in [3.63, 3.8) is 0 Å². The predicted molar refractivity (Wildman–Crippen MR) is 106 cm³/mol. The van der Waals surface area contributed by atoms with Gasteiger partial charge in [0.05, 0.1) is 17.1 Å². The van der Waals surface area contributed by atoms with Gasteiger partial charge < -0.3 is 20.8 Å². The second kappa shape index (κ2) is 9.33. The molecule has 0 saturated heterocycles. The van der Waals surface area contributed by atoms with E-state index < -0.39 is 34.9 Å². The normalized spacial score (nSPS) is 14.9. The van der Waals surface area contributed by atoms with Gasteiger partial charge in [-0.15, -0.1) is 11.8 Å². The first kappa shape index (κ1) is 22.8. The van der Waals surface area contributed by atoms with Gasteiger partial charge in [0, 0.05) is 30.3 Å². The summed E-state index contributed by atoms with van der Waals surface area (Å²) in [6.07, 6.45) is -0.230. The van der Waals surface area contributed by atoms with Crippen molar-refractivity contribution in [1.82, 2.24) is 20.8 Å². The molecule has 11 heteroatoms. The van der Waals surface area contributed by atoms with Crippen LogP contribution in [-0.2, 0) is 4.79 Å². The van der Waals surface area contributed by atoms with Gasteiger partial charge in [-0.2, -0.15) is 5.10 Å². The van der Waals surface area contributed by atoms with Crippen molar-refractivity contribution >= 4 is 35.1 Å². The number of hydrogen-bond donors (Lipinski definition) is 5. The number of nitrogens with zero attached hydrogens (tertiary/aromatic N) is 1. The molecule has 158 valence electrons. The number of hydrogen-bond acceptors (Lipinski definition) is 8. The van der Waals surface area contributed by atoms with Gasteiger partial charge in [0.15, 0.2) is 0 Å². The molecule has 0 aliphatic heterocycles. The summed E-state index contributed by atoms with van der Waals surface area (Å²) in [4.78, 5) is 49.1. The van der Waals surface area contributed by atoms with Crippen LogP contribution in [0.5, 0.6) is 0 Å². The van der Waals surface area contributed by atoms with Crippen LogP contribution in [0.15, 0.2) is 11.0 Å². The van der Waals surface area contributed by atoms with Gasteiger partial charge in [-0.25, -0.2) is 0 Å². The number of carbonyl (C=O) groups excluding carboxylic acids is 4. The minimum absolute atomic E-state index is 0.0601. The summed E-state index contributed by atoms with van der Waals surface area (Å²) in [7, 11) is 0. The Kier molecular flexibility index (Phi) is 7.33. The van der Waals surface area contributed by atoms with Gasteiger partial charge in [-0.05, 0) is 6.92 Å². The molecular weight excluding hydrogens is 400 g/mol. The smallest absolute Gasteiger partial charge is 0.270 e. The molecule has 10 nitrogen and oxygen atoms in total. The molecule has 2 rings (SSSR count). The summed E-state index contributed by atoms with van der Waals surface area (Å²) in [5, 5.41) is 30.5. The molecule has 1 atom stereocenters. The fourth-order valence-electron chi connectivity index (χ4n) is 2.51. The third-order valence-corrected chi connectivity index (χ3v) is 5.35. The van der Waals surface area contributed by atoms with E-state index in [9.17, 15) is 29.4 Å². The Morgan fingerprint density at radius 1 is 1.31 bits per heavy atom.